The third kappa shape index (κ3) is 4.67. The minimum absolute atomic E-state index is 0.147. The van der Waals surface area contributed by atoms with Crippen molar-refractivity contribution < 1.29 is 4.79 Å². The van der Waals surface area contributed by atoms with Crippen molar-refractivity contribution in [2.75, 3.05) is 13.6 Å². The molecule has 0 saturated carbocycles. The van der Waals surface area contributed by atoms with Gasteiger partial charge in [0.1, 0.15) is 0 Å². The Kier molecular flexibility index (Phi) is 5.97. The van der Waals surface area contributed by atoms with Crippen molar-refractivity contribution in [1.29, 1.82) is 0 Å². The molecule has 2 aromatic rings. The van der Waals surface area contributed by atoms with Gasteiger partial charge in [-0.2, -0.15) is 0 Å². The Labute approximate surface area is 138 Å². The molecule has 0 spiro atoms. The number of carbonyl (C=O) groups is 1. The summed E-state index contributed by atoms with van der Waals surface area (Å²) in [5.41, 5.74) is 1.82. The lowest BCUT2D eigenvalue weighted by Crippen LogP contribution is -2.21. The molecule has 0 N–H and O–H groups in total. The Bertz CT molecular complexity index is 630. The van der Waals surface area contributed by atoms with Gasteiger partial charge in [-0.1, -0.05) is 63.9 Å². The fraction of sp³-hybridized carbons (Fsp3) is 0.235. The van der Waals surface area contributed by atoms with Gasteiger partial charge in [0.05, 0.1) is 0 Å². The third-order valence-electron chi connectivity index (χ3n) is 3.29. The van der Waals surface area contributed by atoms with Crippen LogP contribution in [0.3, 0.4) is 0 Å². The van der Waals surface area contributed by atoms with Crippen molar-refractivity contribution in [3.8, 4) is 0 Å². The zero-order valence-electron chi connectivity index (χ0n) is 11.9. The van der Waals surface area contributed by atoms with Gasteiger partial charge in [-0.25, -0.2) is 0 Å². The number of ketones is 1. The van der Waals surface area contributed by atoms with Crippen molar-refractivity contribution >= 4 is 33.3 Å². The first-order chi connectivity index (χ1) is 10.1. The lowest BCUT2D eigenvalue weighted by atomic mass is 10.1. The Balaban J connectivity index is 1.90. The van der Waals surface area contributed by atoms with Crippen molar-refractivity contribution in [1.82, 2.24) is 4.90 Å². The standard InChI is InChI=1S/C17H17BrClNO/c1-20(12-13-6-2-5-9-16(13)19)11-10-17(21)14-7-3-4-8-15(14)18/h2-9H,10-12H2,1H3. The van der Waals surface area contributed by atoms with E-state index in [-0.39, 0.29) is 5.78 Å². The molecule has 0 aliphatic heterocycles. The van der Waals surface area contributed by atoms with Crippen molar-refractivity contribution in [2.24, 2.45) is 0 Å². The Morgan fingerprint density at radius 3 is 2.52 bits per heavy atom. The van der Waals surface area contributed by atoms with Gasteiger partial charge in [0.2, 0.25) is 0 Å². The van der Waals surface area contributed by atoms with Crippen molar-refractivity contribution in [3.63, 3.8) is 0 Å². The second kappa shape index (κ2) is 7.74. The highest BCUT2D eigenvalue weighted by Gasteiger charge is 2.11. The largest absolute Gasteiger partial charge is 0.302 e. The topological polar surface area (TPSA) is 20.3 Å². The van der Waals surface area contributed by atoms with Crippen LogP contribution in [0.4, 0.5) is 0 Å². The molecular weight excluding hydrogens is 350 g/mol. The SMILES string of the molecule is CN(CCC(=O)c1ccccc1Br)Cc1ccccc1Cl. The smallest absolute Gasteiger partial charge is 0.165 e. The molecule has 0 unspecified atom stereocenters. The summed E-state index contributed by atoms with van der Waals surface area (Å²) in [7, 11) is 2.00. The van der Waals surface area contributed by atoms with Crippen LogP contribution in [0.25, 0.3) is 0 Å². The molecule has 2 rings (SSSR count). The van der Waals surface area contributed by atoms with E-state index in [2.05, 4.69) is 20.8 Å². The molecule has 0 aliphatic rings. The highest BCUT2D eigenvalue weighted by atomic mass is 79.9. The zero-order chi connectivity index (χ0) is 15.2. The molecule has 0 saturated heterocycles. The second-order valence-corrected chi connectivity index (χ2v) is 6.24. The maximum Gasteiger partial charge on any atom is 0.165 e. The summed E-state index contributed by atoms with van der Waals surface area (Å²) >= 11 is 9.56. The molecule has 0 aromatic heterocycles. The average Bonchev–Trinajstić information content (AvgIpc) is 2.48. The predicted octanol–water partition coefficient (Wildman–Crippen LogP) is 4.81. The van der Waals surface area contributed by atoms with Crippen LogP contribution in [0.15, 0.2) is 53.0 Å². The van der Waals surface area contributed by atoms with Crippen LogP contribution in [0.1, 0.15) is 22.3 Å². The van der Waals surface area contributed by atoms with E-state index >= 15 is 0 Å². The molecule has 0 atom stereocenters. The molecule has 2 aromatic carbocycles. The van der Waals surface area contributed by atoms with E-state index in [0.717, 1.165) is 27.2 Å². The van der Waals surface area contributed by atoms with Crippen LogP contribution in [-0.2, 0) is 6.54 Å². The number of carbonyl (C=O) groups excluding carboxylic acids is 1. The van der Waals surface area contributed by atoms with E-state index in [0.29, 0.717) is 13.0 Å². The molecular formula is C17H17BrClNO. The molecule has 2 nitrogen and oxygen atoms in total. The van der Waals surface area contributed by atoms with Crippen LogP contribution in [0.2, 0.25) is 5.02 Å². The van der Waals surface area contributed by atoms with Crippen LogP contribution in [-0.4, -0.2) is 24.3 Å². The Morgan fingerprint density at radius 1 is 1.14 bits per heavy atom. The summed E-state index contributed by atoms with van der Waals surface area (Å²) < 4.78 is 0.851. The van der Waals surface area contributed by atoms with E-state index in [4.69, 9.17) is 11.6 Å². The molecule has 0 radical (unpaired) electrons. The quantitative estimate of drug-likeness (QED) is 0.684. The van der Waals surface area contributed by atoms with Crippen molar-refractivity contribution in [3.05, 3.63) is 69.2 Å². The van der Waals surface area contributed by atoms with Crippen molar-refractivity contribution in [2.45, 2.75) is 13.0 Å². The summed E-state index contributed by atoms with van der Waals surface area (Å²) in [6, 6.07) is 15.3. The first-order valence-corrected chi connectivity index (χ1v) is 7.94. The lowest BCUT2D eigenvalue weighted by molar-refractivity contribution is 0.0967. The minimum Gasteiger partial charge on any atom is -0.302 e. The molecule has 0 aliphatic carbocycles. The van der Waals surface area contributed by atoms with Gasteiger partial charge in [0, 0.05) is 34.6 Å². The maximum absolute atomic E-state index is 12.2. The summed E-state index contributed by atoms with van der Waals surface area (Å²) in [5.74, 6) is 0.147. The number of rotatable bonds is 6. The third-order valence-corrected chi connectivity index (χ3v) is 4.35. The summed E-state index contributed by atoms with van der Waals surface area (Å²) in [5, 5.41) is 0.765. The molecule has 0 bridgehead atoms. The van der Waals surface area contributed by atoms with Gasteiger partial charge in [-0.05, 0) is 24.7 Å². The number of Topliss-reactive ketones (excluding diaryl/α,β-unsaturated/α-hetero) is 1. The van der Waals surface area contributed by atoms with E-state index in [9.17, 15) is 4.79 Å². The number of nitrogens with zero attached hydrogens (tertiary/aromatic N) is 1. The van der Waals surface area contributed by atoms with Crippen LogP contribution in [0, 0.1) is 0 Å². The van der Waals surface area contributed by atoms with Gasteiger partial charge in [-0.15, -0.1) is 0 Å². The summed E-state index contributed by atoms with van der Waals surface area (Å²) in [4.78, 5) is 14.3. The van der Waals surface area contributed by atoms with E-state index in [1.165, 1.54) is 0 Å². The maximum atomic E-state index is 12.2. The van der Waals surface area contributed by atoms with Gasteiger partial charge >= 0.3 is 0 Å². The number of hydrogen-bond donors (Lipinski definition) is 0. The average molecular weight is 367 g/mol. The van der Waals surface area contributed by atoms with Gasteiger partial charge in [-0.3, -0.25) is 4.79 Å². The van der Waals surface area contributed by atoms with E-state index < -0.39 is 0 Å². The van der Waals surface area contributed by atoms with Crippen LogP contribution in [0.5, 0.6) is 0 Å². The summed E-state index contributed by atoms with van der Waals surface area (Å²) in [6.07, 6.45) is 0.490. The fourth-order valence-electron chi connectivity index (χ4n) is 2.11. The monoisotopic (exact) mass is 365 g/mol. The highest BCUT2D eigenvalue weighted by Crippen LogP contribution is 2.19. The van der Waals surface area contributed by atoms with E-state index in [1.54, 1.807) is 0 Å². The molecule has 110 valence electrons. The first kappa shape index (κ1) is 16.2. The van der Waals surface area contributed by atoms with E-state index in [1.807, 2.05) is 55.6 Å². The molecule has 0 fully saturated rings. The lowest BCUT2D eigenvalue weighted by Gasteiger charge is -2.17. The minimum atomic E-state index is 0.147. The normalized spacial score (nSPS) is 10.9. The second-order valence-electron chi connectivity index (χ2n) is 4.98. The number of hydrogen-bond acceptors (Lipinski definition) is 2. The predicted molar refractivity (Wildman–Crippen MR) is 90.9 cm³/mol. The molecule has 21 heavy (non-hydrogen) atoms. The van der Waals surface area contributed by atoms with Gasteiger partial charge in [0.25, 0.3) is 0 Å². The molecule has 0 amide bonds. The number of benzene rings is 2. The zero-order valence-corrected chi connectivity index (χ0v) is 14.2. The van der Waals surface area contributed by atoms with Gasteiger partial charge < -0.3 is 4.90 Å². The molecule has 0 heterocycles. The number of halogens is 2. The summed E-state index contributed by atoms with van der Waals surface area (Å²) in [6.45, 7) is 1.44. The van der Waals surface area contributed by atoms with Crippen LogP contribution >= 0.6 is 27.5 Å². The Hall–Kier alpha value is -1.16. The Morgan fingerprint density at radius 2 is 1.81 bits per heavy atom. The van der Waals surface area contributed by atoms with Crippen LogP contribution < -0.4 is 0 Å². The first-order valence-electron chi connectivity index (χ1n) is 6.77. The van der Waals surface area contributed by atoms with Gasteiger partial charge in [0.15, 0.2) is 5.78 Å². The highest BCUT2D eigenvalue weighted by molar-refractivity contribution is 9.10. The molecule has 4 heteroatoms. The fourth-order valence-corrected chi connectivity index (χ4v) is 2.81.